The van der Waals surface area contributed by atoms with E-state index in [1.807, 2.05) is 4.90 Å². The van der Waals surface area contributed by atoms with Crippen LogP contribution in [0, 0.1) is 7.05 Å². The third kappa shape index (κ3) is 1.77. The topological polar surface area (TPSA) is 35.6 Å². The maximum atomic E-state index is 11.3. The van der Waals surface area contributed by atoms with E-state index in [9.17, 15) is 4.79 Å². The molecule has 0 aromatic rings. The molecular formula is C9H16N3O-. The van der Waals surface area contributed by atoms with Gasteiger partial charge in [0.05, 0.1) is 0 Å². The van der Waals surface area contributed by atoms with Crippen molar-refractivity contribution in [3.63, 3.8) is 0 Å². The van der Waals surface area contributed by atoms with Crippen molar-refractivity contribution in [2.24, 2.45) is 0 Å². The fourth-order valence-corrected chi connectivity index (χ4v) is 2.07. The van der Waals surface area contributed by atoms with E-state index in [0.29, 0.717) is 6.04 Å². The molecule has 0 radical (unpaired) electrons. The second-order valence-electron chi connectivity index (χ2n) is 3.77. The molecule has 2 aliphatic rings. The van der Waals surface area contributed by atoms with Gasteiger partial charge in [-0.2, -0.15) is 0 Å². The van der Waals surface area contributed by atoms with Crippen LogP contribution in [0.25, 0.3) is 0 Å². The van der Waals surface area contributed by atoms with Gasteiger partial charge in [0, 0.05) is 19.1 Å². The number of amides is 2. The van der Waals surface area contributed by atoms with E-state index >= 15 is 0 Å². The van der Waals surface area contributed by atoms with Gasteiger partial charge >= 0.3 is 6.03 Å². The van der Waals surface area contributed by atoms with Crippen LogP contribution >= 0.6 is 0 Å². The quantitative estimate of drug-likeness (QED) is 0.591. The van der Waals surface area contributed by atoms with Crippen molar-refractivity contribution in [3.05, 3.63) is 7.05 Å². The first-order valence-corrected chi connectivity index (χ1v) is 4.87. The van der Waals surface area contributed by atoms with Crippen molar-refractivity contribution >= 4 is 6.03 Å². The van der Waals surface area contributed by atoms with E-state index in [1.54, 1.807) is 0 Å². The summed E-state index contributed by atoms with van der Waals surface area (Å²) < 4.78 is 0. The van der Waals surface area contributed by atoms with Gasteiger partial charge in [-0.25, -0.2) is 4.79 Å². The molecule has 1 N–H and O–H groups in total. The van der Waals surface area contributed by atoms with E-state index in [2.05, 4.69) is 17.3 Å². The zero-order valence-corrected chi connectivity index (χ0v) is 7.83. The molecule has 0 aliphatic carbocycles. The summed E-state index contributed by atoms with van der Waals surface area (Å²) in [5.74, 6) is 0. The summed E-state index contributed by atoms with van der Waals surface area (Å²) in [5.41, 5.74) is 0. The fourth-order valence-electron chi connectivity index (χ4n) is 2.07. The zero-order chi connectivity index (χ0) is 9.26. The first-order valence-electron chi connectivity index (χ1n) is 4.87. The second-order valence-corrected chi connectivity index (χ2v) is 3.77. The highest BCUT2D eigenvalue weighted by Crippen LogP contribution is 2.17. The van der Waals surface area contributed by atoms with E-state index < -0.39 is 0 Å². The third-order valence-corrected chi connectivity index (χ3v) is 2.89. The number of likely N-dealkylation sites (tertiary alicyclic amines) is 1. The van der Waals surface area contributed by atoms with Crippen LogP contribution in [0.2, 0.25) is 0 Å². The van der Waals surface area contributed by atoms with Crippen molar-refractivity contribution < 1.29 is 4.79 Å². The highest BCUT2D eigenvalue weighted by molar-refractivity contribution is 5.76. The molecule has 4 nitrogen and oxygen atoms in total. The number of rotatable bonds is 1. The molecule has 2 amide bonds. The van der Waals surface area contributed by atoms with Crippen LogP contribution < -0.4 is 5.32 Å². The molecule has 0 atom stereocenters. The van der Waals surface area contributed by atoms with E-state index in [-0.39, 0.29) is 6.03 Å². The average molecular weight is 182 g/mol. The Morgan fingerprint density at radius 2 is 2.00 bits per heavy atom. The number of carbonyl (C=O) groups excluding carboxylic acids is 1. The molecule has 0 spiro atoms. The van der Waals surface area contributed by atoms with Crippen LogP contribution in [0.3, 0.4) is 0 Å². The minimum absolute atomic E-state index is 0.113. The van der Waals surface area contributed by atoms with Crippen molar-refractivity contribution in [2.75, 3.05) is 26.2 Å². The predicted molar refractivity (Wildman–Crippen MR) is 50.1 cm³/mol. The van der Waals surface area contributed by atoms with E-state index in [0.717, 1.165) is 39.0 Å². The van der Waals surface area contributed by atoms with Gasteiger partial charge in [0.25, 0.3) is 0 Å². The van der Waals surface area contributed by atoms with Gasteiger partial charge in [-0.3, -0.25) is 7.05 Å². The maximum absolute atomic E-state index is 11.3. The molecule has 2 aliphatic heterocycles. The number of urea groups is 1. The first kappa shape index (κ1) is 8.81. The summed E-state index contributed by atoms with van der Waals surface area (Å²) in [6.07, 6.45) is 2.13. The molecule has 2 rings (SSSR count). The van der Waals surface area contributed by atoms with Crippen LogP contribution in [0.4, 0.5) is 4.79 Å². The predicted octanol–water partition coefficient (Wildman–Crippen LogP) is 0.268. The maximum Gasteiger partial charge on any atom is 0.317 e. The third-order valence-electron chi connectivity index (χ3n) is 2.89. The van der Waals surface area contributed by atoms with Gasteiger partial charge in [0.15, 0.2) is 0 Å². The highest BCUT2D eigenvalue weighted by atomic mass is 16.2. The summed E-state index contributed by atoms with van der Waals surface area (Å²) in [7, 11) is 3.89. The van der Waals surface area contributed by atoms with Gasteiger partial charge < -0.3 is 15.1 Å². The van der Waals surface area contributed by atoms with Gasteiger partial charge in [-0.15, -0.1) is 0 Å². The second kappa shape index (κ2) is 3.54. The Morgan fingerprint density at radius 3 is 2.54 bits per heavy atom. The van der Waals surface area contributed by atoms with Crippen LogP contribution in [-0.2, 0) is 0 Å². The van der Waals surface area contributed by atoms with Crippen LogP contribution in [0.5, 0.6) is 0 Å². The lowest BCUT2D eigenvalue weighted by Gasteiger charge is -2.38. The standard InChI is InChI=1S/C9H16N3O/c1-11-5-2-8(3-6-11)12-7-4-10-9(12)13/h8H,1-7H2,(H,10,13)/q-1. The van der Waals surface area contributed by atoms with Crippen molar-refractivity contribution in [3.8, 4) is 0 Å². The Balaban J connectivity index is 1.90. The summed E-state index contributed by atoms with van der Waals surface area (Å²) >= 11 is 0. The minimum atomic E-state index is 0.113. The van der Waals surface area contributed by atoms with E-state index in [4.69, 9.17) is 0 Å². The van der Waals surface area contributed by atoms with Gasteiger partial charge in [-0.05, 0) is 25.9 Å². The summed E-state index contributed by atoms with van der Waals surface area (Å²) in [6, 6.07) is 0.558. The Morgan fingerprint density at radius 1 is 1.31 bits per heavy atom. The minimum Gasteiger partial charge on any atom is -0.459 e. The largest absolute Gasteiger partial charge is 0.459 e. The lowest BCUT2D eigenvalue weighted by Crippen LogP contribution is -2.44. The number of piperidine rings is 1. The Kier molecular flexibility index (Phi) is 2.40. The lowest BCUT2D eigenvalue weighted by molar-refractivity contribution is 0.157. The zero-order valence-electron chi connectivity index (χ0n) is 7.83. The molecule has 0 unspecified atom stereocenters. The Labute approximate surface area is 78.9 Å². The fraction of sp³-hybridized carbons (Fsp3) is 0.778. The molecule has 2 fully saturated rings. The molecule has 2 heterocycles. The summed E-state index contributed by atoms with van der Waals surface area (Å²) in [5, 5.41) is 2.84. The van der Waals surface area contributed by atoms with Gasteiger partial charge in [0.2, 0.25) is 0 Å². The SMILES string of the molecule is [CH2-]N1CCC(N2CCNC2=O)CC1. The lowest BCUT2D eigenvalue weighted by atomic mass is 10.0. The first-order chi connectivity index (χ1) is 6.27. The summed E-state index contributed by atoms with van der Waals surface area (Å²) in [6.45, 7) is 3.70. The van der Waals surface area contributed by atoms with Crippen molar-refractivity contribution in [2.45, 2.75) is 18.9 Å². The number of nitrogens with one attached hydrogen (secondary N) is 1. The molecule has 0 aromatic heterocycles. The molecule has 2 saturated heterocycles. The normalized spacial score (nSPS) is 26.5. The molecule has 0 saturated carbocycles. The van der Waals surface area contributed by atoms with Crippen molar-refractivity contribution in [1.29, 1.82) is 0 Å². The summed E-state index contributed by atoms with van der Waals surface area (Å²) in [4.78, 5) is 15.4. The monoisotopic (exact) mass is 182 g/mol. The van der Waals surface area contributed by atoms with Crippen LogP contribution in [0.1, 0.15) is 12.8 Å². The molecular weight excluding hydrogens is 166 g/mol. The van der Waals surface area contributed by atoms with Crippen LogP contribution in [0.15, 0.2) is 0 Å². The number of carbonyl (C=O) groups is 1. The van der Waals surface area contributed by atoms with E-state index in [1.165, 1.54) is 0 Å². The Hall–Kier alpha value is -0.770. The average Bonchev–Trinajstić information content (AvgIpc) is 2.53. The van der Waals surface area contributed by atoms with Gasteiger partial charge in [-0.1, -0.05) is 0 Å². The number of hydrogen-bond acceptors (Lipinski definition) is 2. The van der Waals surface area contributed by atoms with Gasteiger partial charge in [0.1, 0.15) is 0 Å². The molecule has 74 valence electrons. The molecule has 4 heteroatoms. The van der Waals surface area contributed by atoms with Crippen molar-refractivity contribution in [1.82, 2.24) is 15.1 Å². The molecule has 13 heavy (non-hydrogen) atoms. The smallest absolute Gasteiger partial charge is 0.317 e. The van der Waals surface area contributed by atoms with Crippen LogP contribution in [-0.4, -0.2) is 48.1 Å². The number of nitrogens with zero attached hydrogens (tertiary/aromatic N) is 2. The number of hydrogen-bond donors (Lipinski definition) is 1. The Bertz CT molecular complexity index is 199. The molecule has 0 aromatic carbocycles. The highest BCUT2D eigenvalue weighted by Gasteiger charge is 2.28. The molecule has 0 bridgehead atoms.